The van der Waals surface area contributed by atoms with Gasteiger partial charge in [0.05, 0.1) is 30.0 Å². The van der Waals surface area contributed by atoms with Crippen LogP contribution in [0.5, 0.6) is 0 Å². The maximum Gasteiger partial charge on any atom is 0.220 e. The standard InChI is InChI=1S/C13H21N11/c14-10(15)2-1-7(9-5-21-13(19)24-9)8(23-11(16)17)3-6-4-20-12(18)22-6/h3-5,7-8H,1-2H2,(H3,14,15)(H2,18,22)(H4,16,17,23)(H3,19,21,24)/b6-3+. The molecule has 24 heavy (non-hydrogen) atoms. The molecule has 1 aromatic rings. The average Bonchev–Trinajstić information content (AvgIpc) is 3.07. The lowest BCUT2D eigenvalue weighted by Gasteiger charge is -2.21. The predicted molar refractivity (Wildman–Crippen MR) is 94.7 cm³/mol. The number of rotatable bonds is 7. The van der Waals surface area contributed by atoms with E-state index in [9.17, 15) is 0 Å². The van der Waals surface area contributed by atoms with Crippen molar-refractivity contribution >= 4 is 29.9 Å². The van der Waals surface area contributed by atoms with Crippen molar-refractivity contribution < 1.29 is 0 Å². The van der Waals surface area contributed by atoms with Crippen molar-refractivity contribution in [2.24, 2.45) is 37.9 Å². The molecule has 0 aromatic carbocycles. The Balaban J connectivity index is 2.38. The van der Waals surface area contributed by atoms with Gasteiger partial charge in [-0.25, -0.2) is 20.0 Å². The van der Waals surface area contributed by atoms with Crippen molar-refractivity contribution in [1.82, 2.24) is 9.97 Å². The summed E-state index contributed by atoms with van der Waals surface area (Å²) in [6, 6.07) is -0.481. The molecule has 0 bridgehead atoms. The van der Waals surface area contributed by atoms with Crippen LogP contribution in [0.4, 0.5) is 5.95 Å². The van der Waals surface area contributed by atoms with Crippen molar-refractivity contribution in [2.45, 2.75) is 24.8 Å². The molecule has 11 nitrogen and oxygen atoms in total. The Morgan fingerprint density at radius 2 is 2.08 bits per heavy atom. The van der Waals surface area contributed by atoms with Gasteiger partial charge in [0.15, 0.2) is 11.9 Å². The minimum absolute atomic E-state index is 0.0632. The Morgan fingerprint density at radius 1 is 1.33 bits per heavy atom. The molecule has 2 atom stereocenters. The number of anilines is 1. The van der Waals surface area contributed by atoms with Gasteiger partial charge in [0.2, 0.25) is 5.96 Å². The molecular formula is C13H21N11. The Hall–Kier alpha value is -3.37. The molecule has 0 saturated heterocycles. The van der Waals surface area contributed by atoms with E-state index < -0.39 is 6.04 Å². The summed E-state index contributed by atoms with van der Waals surface area (Å²) >= 11 is 0. The largest absolute Gasteiger partial charge is 0.388 e. The summed E-state index contributed by atoms with van der Waals surface area (Å²) in [5.41, 5.74) is 29.1. The number of H-pyrrole nitrogens is 1. The number of amidine groups is 1. The van der Waals surface area contributed by atoms with Gasteiger partial charge in [-0.2, -0.15) is 0 Å². The highest BCUT2D eigenvalue weighted by atomic mass is 15.1. The molecule has 0 spiro atoms. The summed E-state index contributed by atoms with van der Waals surface area (Å²) < 4.78 is 0. The molecule has 0 saturated carbocycles. The molecule has 1 aliphatic heterocycles. The minimum Gasteiger partial charge on any atom is -0.388 e. The first-order valence-corrected chi connectivity index (χ1v) is 7.17. The van der Waals surface area contributed by atoms with Crippen LogP contribution in [0, 0.1) is 5.41 Å². The van der Waals surface area contributed by atoms with E-state index in [1.165, 1.54) is 6.21 Å². The lowest BCUT2D eigenvalue weighted by atomic mass is 9.91. The topological polar surface area (TPSA) is 220 Å². The Labute approximate surface area is 138 Å². The number of allylic oxidation sites excluding steroid dienone is 1. The molecule has 0 radical (unpaired) electrons. The van der Waals surface area contributed by atoms with Crippen molar-refractivity contribution in [3.05, 3.63) is 23.7 Å². The lowest BCUT2D eigenvalue weighted by molar-refractivity contribution is 0.563. The fraction of sp³-hybridized carbons (Fsp3) is 0.308. The van der Waals surface area contributed by atoms with Gasteiger partial charge in [-0.15, -0.1) is 0 Å². The third-order valence-corrected chi connectivity index (χ3v) is 3.36. The first-order chi connectivity index (χ1) is 11.3. The average molecular weight is 331 g/mol. The molecule has 1 aliphatic rings. The normalized spacial score (nSPS) is 17.5. The minimum atomic E-state index is -0.481. The summed E-state index contributed by atoms with van der Waals surface area (Å²) in [5, 5.41) is 7.46. The van der Waals surface area contributed by atoms with E-state index >= 15 is 0 Å². The van der Waals surface area contributed by atoms with E-state index in [1.54, 1.807) is 12.3 Å². The van der Waals surface area contributed by atoms with E-state index in [0.717, 1.165) is 5.69 Å². The highest BCUT2D eigenvalue weighted by Crippen LogP contribution is 2.28. The number of hydrogen-bond acceptors (Lipinski definition) is 7. The van der Waals surface area contributed by atoms with Crippen LogP contribution in [0.15, 0.2) is 32.9 Å². The zero-order valence-corrected chi connectivity index (χ0v) is 13.0. The number of guanidine groups is 2. The second-order valence-electron chi connectivity index (χ2n) is 5.26. The molecular weight excluding hydrogens is 310 g/mol. The second-order valence-corrected chi connectivity index (χ2v) is 5.26. The summed E-state index contributed by atoms with van der Waals surface area (Å²) in [5.74, 6) is 0.186. The number of hydrogen-bond donors (Lipinski definition) is 7. The predicted octanol–water partition coefficient (Wildman–Crippen LogP) is -1.28. The van der Waals surface area contributed by atoms with Crippen molar-refractivity contribution in [1.29, 1.82) is 5.41 Å². The van der Waals surface area contributed by atoms with E-state index in [2.05, 4.69) is 24.9 Å². The molecule has 2 heterocycles. The van der Waals surface area contributed by atoms with Crippen LogP contribution in [0.25, 0.3) is 0 Å². The van der Waals surface area contributed by atoms with Gasteiger partial charge in [0.25, 0.3) is 0 Å². The van der Waals surface area contributed by atoms with Crippen LogP contribution in [-0.2, 0) is 0 Å². The number of aliphatic imine (C=N–C) groups is 3. The van der Waals surface area contributed by atoms with E-state index in [0.29, 0.717) is 18.5 Å². The molecule has 128 valence electrons. The Bertz CT molecular complexity index is 720. The SMILES string of the molecule is N=C(N)CCC(c1cnc(N)[nH]1)C(/C=C1\C=NC(N)=N1)N=C(N)N. The molecule has 2 unspecified atom stereocenters. The highest BCUT2D eigenvalue weighted by Gasteiger charge is 2.24. The summed E-state index contributed by atoms with van der Waals surface area (Å²) in [6.45, 7) is 0. The molecule has 2 rings (SSSR count). The third-order valence-electron chi connectivity index (χ3n) is 3.36. The summed E-state index contributed by atoms with van der Waals surface area (Å²) in [4.78, 5) is 19.2. The second kappa shape index (κ2) is 7.26. The monoisotopic (exact) mass is 331 g/mol. The van der Waals surface area contributed by atoms with Crippen molar-refractivity contribution in [3.63, 3.8) is 0 Å². The first-order valence-electron chi connectivity index (χ1n) is 7.17. The number of aromatic amines is 1. The van der Waals surface area contributed by atoms with E-state index in [-0.39, 0.29) is 29.6 Å². The van der Waals surface area contributed by atoms with E-state index in [1.807, 2.05) is 0 Å². The van der Waals surface area contributed by atoms with Gasteiger partial charge < -0.3 is 33.7 Å². The molecule has 12 N–H and O–H groups in total. The first kappa shape index (κ1) is 17.0. The number of nitrogens with zero attached hydrogens (tertiary/aromatic N) is 4. The maximum atomic E-state index is 7.46. The van der Waals surface area contributed by atoms with Gasteiger partial charge in [0, 0.05) is 18.0 Å². The van der Waals surface area contributed by atoms with Gasteiger partial charge in [-0.05, 0) is 12.5 Å². The van der Waals surface area contributed by atoms with Crippen LogP contribution in [-0.4, -0.2) is 40.0 Å². The Morgan fingerprint density at radius 3 is 2.58 bits per heavy atom. The van der Waals surface area contributed by atoms with Crippen LogP contribution in [0.2, 0.25) is 0 Å². The van der Waals surface area contributed by atoms with Gasteiger partial charge >= 0.3 is 0 Å². The van der Waals surface area contributed by atoms with Crippen molar-refractivity contribution in [2.75, 3.05) is 5.73 Å². The zero-order valence-electron chi connectivity index (χ0n) is 13.0. The van der Waals surface area contributed by atoms with E-state index in [4.69, 9.17) is 34.1 Å². The summed E-state index contributed by atoms with van der Waals surface area (Å²) in [7, 11) is 0. The fourth-order valence-corrected chi connectivity index (χ4v) is 2.35. The molecule has 11 heteroatoms. The maximum absolute atomic E-state index is 7.46. The smallest absolute Gasteiger partial charge is 0.220 e. The van der Waals surface area contributed by atoms with Crippen LogP contribution < -0.4 is 28.7 Å². The van der Waals surface area contributed by atoms with Crippen LogP contribution in [0.3, 0.4) is 0 Å². The number of nitrogens with one attached hydrogen (secondary N) is 2. The molecule has 0 amide bonds. The van der Waals surface area contributed by atoms with Gasteiger partial charge in [-0.1, -0.05) is 0 Å². The number of imidazole rings is 1. The highest BCUT2D eigenvalue weighted by molar-refractivity contribution is 5.99. The van der Waals surface area contributed by atoms with Crippen molar-refractivity contribution in [3.8, 4) is 0 Å². The molecule has 1 aromatic heterocycles. The quantitative estimate of drug-likeness (QED) is 0.238. The third kappa shape index (κ3) is 4.56. The number of aromatic nitrogens is 2. The Kier molecular flexibility index (Phi) is 5.14. The van der Waals surface area contributed by atoms with Gasteiger partial charge in [0.1, 0.15) is 0 Å². The fourth-order valence-electron chi connectivity index (χ4n) is 2.35. The van der Waals surface area contributed by atoms with Gasteiger partial charge in [-0.3, -0.25) is 5.41 Å². The zero-order chi connectivity index (χ0) is 17.7. The molecule has 0 aliphatic carbocycles. The number of nitrogens with two attached hydrogens (primary N) is 5. The van der Waals surface area contributed by atoms with Crippen LogP contribution >= 0.6 is 0 Å². The summed E-state index contributed by atoms with van der Waals surface area (Å²) in [6.07, 6.45) is 5.74. The lowest BCUT2D eigenvalue weighted by Crippen LogP contribution is -2.28. The number of nitrogen functional groups attached to an aromatic ring is 1. The molecule has 0 fully saturated rings. The van der Waals surface area contributed by atoms with Crippen LogP contribution in [0.1, 0.15) is 24.5 Å².